The molecule has 3 N–H and O–H groups in total. The molecule has 0 radical (unpaired) electrons. The topological polar surface area (TPSA) is 80.9 Å². The van der Waals surface area contributed by atoms with E-state index in [1.807, 2.05) is 6.92 Å². The number of thiophene rings is 1. The molecule has 0 unspecified atom stereocenters. The number of carbonyl (C=O) groups excluding carboxylic acids is 1. The van der Waals surface area contributed by atoms with Gasteiger partial charge >= 0.3 is 0 Å². The van der Waals surface area contributed by atoms with Crippen molar-refractivity contribution < 1.29 is 4.79 Å². The summed E-state index contributed by atoms with van der Waals surface area (Å²) in [6, 6.07) is 0.240. The number of nitrogens with zero attached hydrogens (tertiary/aromatic N) is 2. The van der Waals surface area contributed by atoms with Crippen LogP contribution in [0.2, 0.25) is 0 Å². The summed E-state index contributed by atoms with van der Waals surface area (Å²) in [5.41, 5.74) is 7.18. The predicted octanol–water partition coefficient (Wildman–Crippen LogP) is 3.29. The molecule has 2 aromatic heterocycles. The molecule has 2 heterocycles. The second-order valence-electron chi connectivity index (χ2n) is 5.22. The van der Waals surface area contributed by atoms with Crippen molar-refractivity contribution >= 4 is 45.0 Å². The van der Waals surface area contributed by atoms with Crippen molar-refractivity contribution in [2.45, 2.75) is 51.7 Å². The number of hydrogen-bond donors (Lipinski definition) is 2. The van der Waals surface area contributed by atoms with E-state index >= 15 is 0 Å². The highest BCUT2D eigenvalue weighted by Crippen LogP contribution is 2.33. The molecule has 0 aliphatic heterocycles. The molecule has 0 saturated heterocycles. The summed E-state index contributed by atoms with van der Waals surface area (Å²) in [4.78, 5) is 22.9. The van der Waals surface area contributed by atoms with Gasteiger partial charge in [-0.05, 0) is 32.3 Å². The normalized spacial score (nSPS) is 11.3. The summed E-state index contributed by atoms with van der Waals surface area (Å²) in [6.45, 7) is 8.22. The summed E-state index contributed by atoms with van der Waals surface area (Å²) in [5, 5.41) is 4.51. The van der Waals surface area contributed by atoms with Gasteiger partial charge in [0.2, 0.25) is 5.91 Å². The third-order valence-electron chi connectivity index (χ3n) is 3.72. The number of thioether (sulfide) groups is 1. The number of nitrogens with two attached hydrogens (primary N) is 1. The Morgan fingerprint density at radius 1 is 1.32 bits per heavy atom. The van der Waals surface area contributed by atoms with Crippen molar-refractivity contribution in [3.63, 3.8) is 0 Å². The average molecular weight is 339 g/mol. The van der Waals surface area contributed by atoms with Crippen molar-refractivity contribution in [2.24, 2.45) is 0 Å². The van der Waals surface area contributed by atoms with E-state index in [0.29, 0.717) is 16.7 Å². The van der Waals surface area contributed by atoms with Gasteiger partial charge < -0.3 is 11.1 Å². The first-order valence-electron chi connectivity index (χ1n) is 7.41. The van der Waals surface area contributed by atoms with E-state index in [2.05, 4.69) is 36.1 Å². The van der Waals surface area contributed by atoms with Gasteiger partial charge in [0.1, 0.15) is 10.6 Å². The van der Waals surface area contributed by atoms with Crippen molar-refractivity contribution in [1.82, 2.24) is 15.3 Å². The van der Waals surface area contributed by atoms with Crippen LogP contribution in [0.4, 0.5) is 5.82 Å². The minimum atomic E-state index is 0.0134. The quantitative estimate of drug-likeness (QED) is 0.624. The van der Waals surface area contributed by atoms with Crippen molar-refractivity contribution in [3.05, 3.63) is 10.4 Å². The Labute approximate surface area is 139 Å². The third kappa shape index (κ3) is 3.70. The Morgan fingerprint density at radius 2 is 2.00 bits per heavy atom. The molecular weight excluding hydrogens is 316 g/mol. The van der Waals surface area contributed by atoms with Crippen LogP contribution >= 0.6 is 23.1 Å². The molecule has 2 rings (SSSR count). The maximum absolute atomic E-state index is 11.9. The van der Waals surface area contributed by atoms with Gasteiger partial charge in [-0.1, -0.05) is 25.6 Å². The Hall–Kier alpha value is -1.34. The summed E-state index contributed by atoms with van der Waals surface area (Å²) in [5.74, 6) is 0.819. The number of aromatic nitrogens is 2. The van der Waals surface area contributed by atoms with E-state index in [0.717, 1.165) is 28.6 Å². The molecule has 0 atom stereocenters. The number of nitrogens with one attached hydrogen (secondary N) is 1. The van der Waals surface area contributed by atoms with E-state index in [1.54, 1.807) is 11.3 Å². The summed E-state index contributed by atoms with van der Waals surface area (Å²) in [6.07, 6.45) is 1.88. The maximum Gasteiger partial charge on any atom is 0.230 e. The number of aryl methyl sites for hydroxylation is 2. The van der Waals surface area contributed by atoms with Gasteiger partial charge in [0, 0.05) is 10.9 Å². The first-order valence-corrected chi connectivity index (χ1v) is 9.21. The Kier molecular flexibility index (Phi) is 5.63. The molecule has 5 nitrogen and oxygen atoms in total. The Balaban J connectivity index is 2.08. The Morgan fingerprint density at radius 3 is 2.64 bits per heavy atom. The fraction of sp³-hybridized carbons (Fsp3) is 0.533. The summed E-state index contributed by atoms with van der Waals surface area (Å²) < 4.78 is 0. The molecule has 2 aromatic rings. The number of carbonyl (C=O) groups is 1. The molecule has 120 valence electrons. The first kappa shape index (κ1) is 17.0. The Bertz CT molecular complexity index is 680. The molecule has 0 aromatic carbocycles. The average Bonchev–Trinajstić information content (AvgIpc) is 2.77. The standard InChI is InChI=1S/C15H22N4OS2/c1-5-10(6-2)17-11(20)7-21-15-18-13(16)12-8(3)9(4)22-14(12)19-15/h10H,5-7H2,1-4H3,(H,17,20)(H2,16,18,19). The minimum absolute atomic E-state index is 0.0134. The van der Waals surface area contributed by atoms with E-state index in [9.17, 15) is 4.79 Å². The number of amides is 1. The van der Waals surface area contributed by atoms with Gasteiger partial charge in [-0.15, -0.1) is 11.3 Å². The highest BCUT2D eigenvalue weighted by atomic mass is 32.2. The molecule has 22 heavy (non-hydrogen) atoms. The predicted molar refractivity (Wildman–Crippen MR) is 94.5 cm³/mol. The molecule has 7 heteroatoms. The monoisotopic (exact) mass is 338 g/mol. The zero-order chi connectivity index (χ0) is 16.3. The highest BCUT2D eigenvalue weighted by molar-refractivity contribution is 7.99. The largest absolute Gasteiger partial charge is 0.383 e. The van der Waals surface area contributed by atoms with Gasteiger partial charge in [0.05, 0.1) is 11.1 Å². The molecule has 0 aliphatic carbocycles. The molecule has 0 aliphatic rings. The van der Waals surface area contributed by atoms with Gasteiger partial charge in [0.25, 0.3) is 0 Å². The van der Waals surface area contributed by atoms with Crippen LogP contribution in [0.25, 0.3) is 10.2 Å². The van der Waals surface area contributed by atoms with Crippen molar-refractivity contribution in [3.8, 4) is 0 Å². The number of rotatable bonds is 6. The van der Waals surface area contributed by atoms with Crippen LogP contribution in [0, 0.1) is 13.8 Å². The smallest absolute Gasteiger partial charge is 0.230 e. The van der Waals surface area contributed by atoms with E-state index in [-0.39, 0.29) is 11.9 Å². The zero-order valence-corrected chi connectivity index (χ0v) is 15.0. The van der Waals surface area contributed by atoms with Crippen LogP contribution in [-0.2, 0) is 4.79 Å². The second-order valence-corrected chi connectivity index (χ2v) is 7.37. The highest BCUT2D eigenvalue weighted by Gasteiger charge is 2.14. The van der Waals surface area contributed by atoms with Gasteiger partial charge in [0.15, 0.2) is 5.16 Å². The lowest BCUT2D eigenvalue weighted by Gasteiger charge is -2.14. The second kappa shape index (κ2) is 7.28. The van der Waals surface area contributed by atoms with Gasteiger partial charge in [-0.3, -0.25) is 4.79 Å². The van der Waals surface area contributed by atoms with Crippen LogP contribution in [0.3, 0.4) is 0 Å². The summed E-state index contributed by atoms with van der Waals surface area (Å²) >= 11 is 2.94. The van der Waals surface area contributed by atoms with Gasteiger partial charge in [-0.25, -0.2) is 9.97 Å². The van der Waals surface area contributed by atoms with E-state index < -0.39 is 0 Å². The molecule has 0 saturated carbocycles. The SMILES string of the molecule is CCC(CC)NC(=O)CSc1nc(N)c2c(C)c(C)sc2n1. The number of nitrogen functional groups attached to an aromatic ring is 1. The van der Waals surface area contributed by atoms with E-state index in [4.69, 9.17) is 5.73 Å². The number of fused-ring (bicyclic) bond motifs is 1. The fourth-order valence-electron chi connectivity index (χ4n) is 2.22. The number of hydrogen-bond acceptors (Lipinski definition) is 6. The van der Waals surface area contributed by atoms with Crippen LogP contribution in [0.5, 0.6) is 0 Å². The first-order chi connectivity index (χ1) is 10.5. The van der Waals surface area contributed by atoms with Gasteiger partial charge in [-0.2, -0.15) is 0 Å². The van der Waals surface area contributed by atoms with Crippen molar-refractivity contribution in [1.29, 1.82) is 0 Å². The van der Waals surface area contributed by atoms with Crippen LogP contribution < -0.4 is 11.1 Å². The summed E-state index contributed by atoms with van der Waals surface area (Å²) in [7, 11) is 0. The van der Waals surface area contributed by atoms with Crippen LogP contribution in [0.15, 0.2) is 5.16 Å². The van der Waals surface area contributed by atoms with Crippen LogP contribution in [0.1, 0.15) is 37.1 Å². The molecular formula is C15H22N4OS2. The fourth-order valence-corrected chi connectivity index (χ4v) is 3.97. The molecule has 0 fully saturated rings. The van der Waals surface area contributed by atoms with Crippen LogP contribution in [-0.4, -0.2) is 27.7 Å². The minimum Gasteiger partial charge on any atom is -0.383 e. The maximum atomic E-state index is 11.9. The lowest BCUT2D eigenvalue weighted by atomic mass is 10.2. The van der Waals surface area contributed by atoms with E-state index in [1.165, 1.54) is 16.6 Å². The molecule has 1 amide bonds. The lowest BCUT2D eigenvalue weighted by molar-refractivity contribution is -0.119. The molecule has 0 spiro atoms. The third-order valence-corrected chi connectivity index (χ3v) is 5.67. The molecule has 0 bridgehead atoms. The lowest BCUT2D eigenvalue weighted by Crippen LogP contribution is -2.35. The zero-order valence-electron chi connectivity index (χ0n) is 13.4. The number of anilines is 1. The van der Waals surface area contributed by atoms with Crippen molar-refractivity contribution in [2.75, 3.05) is 11.5 Å².